The van der Waals surface area contributed by atoms with Gasteiger partial charge in [0.05, 0.1) is 31.5 Å². The summed E-state index contributed by atoms with van der Waals surface area (Å²) in [5.41, 5.74) is 0.115. The van der Waals surface area contributed by atoms with Gasteiger partial charge in [0.25, 0.3) is 5.78 Å². The minimum atomic E-state index is -1.67. The van der Waals surface area contributed by atoms with Gasteiger partial charge < -0.3 is 19.9 Å². The lowest BCUT2D eigenvalue weighted by Crippen LogP contribution is -2.20. The van der Waals surface area contributed by atoms with Crippen molar-refractivity contribution in [2.24, 2.45) is 0 Å². The second-order valence-electron chi connectivity index (χ2n) is 4.45. The molecule has 1 aromatic carbocycles. The van der Waals surface area contributed by atoms with E-state index >= 15 is 0 Å². The van der Waals surface area contributed by atoms with Gasteiger partial charge in [-0.15, -0.1) is 0 Å². The van der Waals surface area contributed by atoms with Gasteiger partial charge in [0.15, 0.2) is 0 Å². The predicted molar refractivity (Wildman–Crippen MR) is 86.6 cm³/mol. The van der Waals surface area contributed by atoms with Gasteiger partial charge >= 0.3 is 17.9 Å². The molecule has 0 radical (unpaired) electrons. The number of Topliss-reactive ketones (excluding diaryl/α,β-unsaturated/α-hetero) is 1. The lowest BCUT2D eigenvalue weighted by atomic mass is 10.0. The summed E-state index contributed by atoms with van der Waals surface area (Å²) in [6.45, 7) is 1.66. The van der Waals surface area contributed by atoms with Crippen LogP contribution in [0.25, 0.3) is 0 Å². The Hall–Kier alpha value is -2.68. The Kier molecular flexibility index (Phi) is 6.66. The number of aryl methyl sites for hydroxylation is 1. The number of benzene rings is 1. The van der Waals surface area contributed by atoms with Crippen molar-refractivity contribution in [3.63, 3.8) is 0 Å². The summed E-state index contributed by atoms with van der Waals surface area (Å²) in [5, 5.41) is 11.5. The maximum Gasteiger partial charge on any atom is 0.377 e. The highest BCUT2D eigenvalue weighted by Gasteiger charge is 2.24. The number of nitrogens with one attached hydrogen (secondary N) is 1. The second kappa shape index (κ2) is 8.25. The Labute approximate surface area is 145 Å². The van der Waals surface area contributed by atoms with Gasteiger partial charge in [0, 0.05) is 4.47 Å². The summed E-state index contributed by atoms with van der Waals surface area (Å²) in [6.07, 6.45) is 0.828. The smallest absolute Gasteiger partial charge is 0.377 e. The first-order chi connectivity index (χ1) is 11.2. The van der Waals surface area contributed by atoms with Crippen molar-refractivity contribution in [2.45, 2.75) is 6.92 Å². The second-order valence-corrected chi connectivity index (χ2v) is 5.24. The quantitative estimate of drug-likeness (QED) is 0.320. The van der Waals surface area contributed by atoms with Gasteiger partial charge in [0.2, 0.25) is 0 Å². The fourth-order valence-corrected chi connectivity index (χ4v) is 2.22. The van der Waals surface area contributed by atoms with Crippen LogP contribution in [0.2, 0.25) is 0 Å². The molecule has 0 atom stereocenters. The SMILES string of the molecule is COC(=O)/C=C(/Nc1ccc(C)c(Br)c1C(=O)C(=O)O)C(=O)OC. The van der Waals surface area contributed by atoms with Crippen LogP contribution in [-0.2, 0) is 23.9 Å². The fourth-order valence-electron chi connectivity index (χ4n) is 1.69. The van der Waals surface area contributed by atoms with E-state index in [9.17, 15) is 19.2 Å². The molecule has 0 saturated carbocycles. The number of anilines is 1. The molecule has 1 rings (SSSR count). The normalized spacial score (nSPS) is 10.8. The van der Waals surface area contributed by atoms with Crippen molar-refractivity contribution in [2.75, 3.05) is 19.5 Å². The molecule has 0 unspecified atom stereocenters. The van der Waals surface area contributed by atoms with E-state index in [1.54, 1.807) is 13.0 Å². The van der Waals surface area contributed by atoms with Crippen LogP contribution in [0, 0.1) is 6.92 Å². The maximum atomic E-state index is 11.9. The molecule has 9 heteroatoms. The molecule has 0 amide bonds. The lowest BCUT2D eigenvalue weighted by molar-refractivity contribution is -0.138. The zero-order chi connectivity index (χ0) is 18.4. The molecule has 0 aliphatic rings. The first kappa shape index (κ1) is 19.4. The molecule has 0 aromatic heterocycles. The van der Waals surface area contributed by atoms with E-state index in [1.807, 2.05) is 0 Å². The maximum absolute atomic E-state index is 11.9. The highest BCUT2D eigenvalue weighted by atomic mass is 79.9. The third-order valence-electron chi connectivity index (χ3n) is 2.89. The minimum Gasteiger partial charge on any atom is -0.475 e. The Balaban J connectivity index is 3.44. The number of carboxylic acids is 1. The van der Waals surface area contributed by atoms with Crippen LogP contribution in [0.15, 0.2) is 28.4 Å². The van der Waals surface area contributed by atoms with Crippen LogP contribution < -0.4 is 5.32 Å². The van der Waals surface area contributed by atoms with E-state index in [-0.39, 0.29) is 21.4 Å². The third-order valence-corrected chi connectivity index (χ3v) is 3.92. The van der Waals surface area contributed by atoms with Gasteiger partial charge in [-0.3, -0.25) is 4.79 Å². The first-order valence-corrected chi connectivity index (χ1v) is 7.23. The van der Waals surface area contributed by atoms with Crippen molar-refractivity contribution in [3.05, 3.63) is 39.5 Å². The van der Waals surface area contributed by atoms with E-state index in [4.69, 9.17) is 5.11 Å². The van der Waals surface area contributed by atoms with Crippen molar-refractivity contribution in [1.82, 2.24) is 0 Å². The minimum absolute atomic E-state index is 0.0143. The number of ketones is 1. The number of hydrogen-bond acceptors (Lipinski definition) is 7. The number of aliphatic carboxylic acids is 1. The van der Waals surface area contributed by atoms with E-state index in [2.05, 4.69) is 30.7 Å². The van der Waals surface area contributed by atoms with Crippen LogP contribution >= 0.6 is 15.9 Å². The monoisotopic (exact) mass is 399 g/mol. The molecule has 0 fully saturated rings. The van der Waals surface area contributed by atoms with Gasteiger partial charge in [-0.2, -0.15) is 0 Å². The number of halogens is 1. The highest BCUT2D eigenvalue weighted by Crippen LogP contribution is 2.30. The molecular formula is C15H14BrNO7. The van der Waals surface area contributed by atoms with E-state index in [1.165, 1.54) is 6.07 Å². The largest absolute Gasteiger partial charge is 0.475 e. The molecule has 8 nitrogen and oxygen atoms in total. The summed E-state index contributed by atoms with van der Waals surface area (Å²) >= 11 is 3.16. The number of rotatable bonds is 6. The molecule has 0 saturated heterocycles. The van der Waals surface area contributed by atoms with E-state index in [0.29, 0.717) is 5.56 Å². The topological polar surface area (TPSA) is 119 Å². The van der Waals surface area contributed by atoms with Gasteiger partial charge in [0.1, 0.15) is 5.70 Å². The highest BCUT2D eigenvalue weighted by molar-refractivity contribution is 9.10. The Bertz CT molecular complexity index is 740. The van der Waals surface area contributed by atoms with Gasteiger partial charge in [-0.1, -0.05) is 6.07 Å². The molecule has 0 bridgehead atoms. The van der Waals surface area contributed by atoms with Crippen molar-refractivity contribution in [1.29, 1.82) is 0 Å². The zero-order valence-corrected chi connectivity index (χ0v) is 14.6. The fraction of sp³-hybridized carbons (Fsp3) is 0.200. The van der Waals surface area contributed by atoms with Gasteiger partial charge in [-0.25, -0.2) is 14.4 Å². The molecule has 0 spiro atoms. The Morgan fingerprint density at radius 2 is 1.79 bits per heavy atom. The van der Waals surface area contributed by atoms with Crippen LogP contribution in [0.5, 0.6) is 0 Å². The molecule has 24 heavy (non-hydrogen) atoms. The summed E-state index contributed by atoms with van der Waals surface area (Å²) < 4.78 is 9.23. The average Bonchev–Trinajstić information content (AvgIpc) is 2.56. The van der Waals surface area contributed by atoms with Crippen LogP contribution in [0.3, 0.4) is 0 Å². The number of esters is 2. The van der Waals surface area contributed by atoms with Crippen molar-refractivity contribution in [3.8, 4) is 0 Å². The number of methoxy groups -OCH3 is 2. The third kappa shape index (κ3) is 4.42. The van der Waals surface area contributed by atoms with E-state index in [0.717, 1.165) is 20.3 Å². The number of ether oxygens (including phenoxy) is 2. The lowest BCUT2D eigenvalue weighted by Gasteiger charge is -2.14. The molecular weight excluding hydrogens is 386 g/mol. The van der Waals surface area contributed by atoms with E-state index < -0.39 is 23.7 Å². The number of carbonyl (C=O) groups excluding carboxylic acids is 3. The van der Waals surface area contributed by atoms with Gasteiger partial charge in [-0.05, 0) is 34.5 Å². The van der Waals surface area contributed by atoms with Crippen LogP contribution in [-0.4, -0.2) is 43.0 Å². The molecule has 1 aromatic rings. The van der Waals surface area contributed by atoms with Crippen molar-refractivity contribution >= 4 is 45.3 Å². The van der Waals surface area contributed by atoms with Crippen LogP contribution in [0.1, 0.15) is 15.9 Å². The Morgan fingerprint density at radius 3 is 2.29 bits per heavy atom. The standard InChI is InChI=1S/C15H14BrNO7/c1-7-4-5-8(11(12(7)16)13(19)14(20)21)17-9(15(22)24-3)6-10(18)23-2/h4-6,17H,1-3H3,(H,20,21)/b9-6+. The number of carboxylic acid groups (broad SMARTS) is 1. The molecule has 0 heterocycles. The average molecular weight is 400 g/mol. The molecule has 0 aliphatic carbocycles. The predicted octanol–water partition coefficient (Wildman–Crippen LogP) is 1.67. The molecule has 128 valence electrons. The number of carbonyl (C=O) groups is 4. The summed E-state index contributed by atoms with van der Waals surface area (Å²) in [6, 6.07) is 3.00. The van der Waals surface area contributed by atoms with Crippen molar-refractivity contribution < 1.29 is 33.8 Å². The molecule has 0 aliphatic heterocycles. The Morgan fingerprint density at radius 1 is 1.17 bits per heavy atom. The summed E-state index contributed by atoms with van der Waals surface area (Å²) in [7, 11) is 2.22. The zero-order valence-electron chi connectivity index (χ0n) is 13.0. The first-order valence-electron chi connectivity index (χ1n) is 6.44. The summed E-state index contributed by atoms with van der Waals surface area (Å²) in [5.74, 6) is -4.58. The molecule has 2 N–H and O–H groups in total. The number of hydrogen-bond donors (Lipinski definition) is 2. The summed E-state index contributed by atoms with van der Waals surface area (Å²) in [4.78, 5) is 46.1. The van der Waals surface area contributed by atoms with Crippen LogP contribution in [0.4, 0.5) is 5.69 Å².